The molecule has 0 saturated heterocycles. The van der Waals surface area contributed by atoms with Crippen LogP contribution in [0.5, 0.6) is 0 Å². The molecular weight excluding hydrogens is 257 g/mol. The van der Waals surface area contributed by atoms with Crippen LogP contribution in [0.25, 0.3) is 0 Å². The van der Waals surface area contributed by atoms with E-state index in [-0.39, 0.29) is 5.56 Å². The van der Waals surface area contributed by atoms with Gasteiger partial charge in [0, 0.05) is 5.69 Å². The van der Waals surface area contributed by atoms with Gasteiger partial charge in [0.25, 0.3) is 0 Å². The summed E-state index contributed by atoms with van der Waals surface area (Å²) in [4.78, 5) is 12.0. The van der Waals surface area contributed by atoms with E-state index in [0.717, 1.165) is 6.07 Å². The quantitative estimate of drug-likeness (QED) is 0.897. The number of carbonyl (C=O) groups is 1. The first-order chi connectivity index (χ1) is 9.61. The van der Waals surface area contributed by atoms with Crippen LogP contribution in [0.15, 0.2) is 48.5 Å². The van der Waals surface area contributed by atoms with E-state index in [1.165, 1.54) is 12.1 Å². The Morgan fingerprint density at radius 2 is 1.95 bits per heavy atom. The molecule has 0 aliphatic rings. The highest BCUT2D eigenvalue weighted by atomic mass is 19.1. The molecule has 4 nitrogen and oxygen atoms in total. The van der Waals surface area contributed by atoms with Gasteiger partial charge in [0.05, 0.1) is 5.56 Å². The molecule has 5 heteroatoms. The van der Waals surface area contributed by atoms with E-state index in [1.54, 1.807) is 30.3 Å². The number of nitrogens with one attached hydrogen (secondary N) is 1. The minimum atomic E-state index is -0.827. The van der Waals surface area contributed by atoms with Crippen molar-refractivity contribution in [1.82, 2.24) is 0 Å². The van der Waals surface area contributed by atoms with Gasteiger partial charge in [-0.15, -0.1) is 0 Å². The van der Waals surface area contributed by atoms with Gasteiger partial charge in [0.2, 0.25) is 5.91 Å². The lowest BCUT2D eigenvalue weighted by Crippen LogP contribution is -2.27. The minimum absolute atomic E-state index is 0.129. The van der Waals surface area contributed by atoms with E-state index in [2.05, 4.69) is 5.32 Å². The zero-order valence-electron chi connectivity index (χ0n) is 10.5. The summed E-state index contributed by atoms with van der Waals surface area (Å²) in [5.41, 5.74) is 6.71. The SMILES string of the molecule is N#Cc1cc(NC(=O)[C@H](N)c2ccccc2)ccc1F. The molecule has 3 N–H and O–H groups in total. The number of nitriles is 1. The monoisotopic (exact) mass is 269 g/mol. The summed E-state index contributed by atoms with van der Waals surface area (Å²) in [5.74, 6) is -1.05. The third kappa shape index (κ3) is 2.99. The Kier molecular flexibility index (Phi) is 4.08. The van der Waals surface area contributed by atoms with Crippen LogP contribution in [0.2, 0.25) is 0 Å². The van der Waals surface area contributed by atoms with E-state index in [4.69, 9.17) is 11.0 Å². The number of nitrogens with two attached hydrogens (primary N) is 1. The van der Waals surface area contributed by atoms with Crippen LogP contribution < -0.4 is 11.1 Å². The number of benzene rings is 2. The van der Waals surface area contributed by atoms with Gasteiger partial charge in [-0.2, -0.15) is 5.26 Å². The summed E-state index contributed by atoms with van der Waals surface area (Å²) >= 11 is 0. The Morgan fingerprint density at radius 1 is 1.25 bits per heavy atom. The topological polar surface area (TPSA) is 78.9 Å². The fourth-order valence-corrected chi connectivity index (χ4v) is 1.72. The lowest BCUT2D eigenvalue weighted by Gasteiger charge is -2.12. The van der Waals surface area contributed by atoms with Gasteiger partial charge < -0.3 is 11.1 Å². The zero-order valence-corrected chi connectivity index (χ0v) is 10.5. The van der Waals surface area contributed by atoms with Gasteiger partial charge >= 0.3 is 0 Å². The fourth-order valence-electron chi connectivity index (χ4n) is 1.72. The molecule has 2 rings (SSSR count). The Morgan fingerprint density at radius 3 is 2.60 bits per heavy atom. The zero-order chi connectivity index (χ0) is 14.5. The fraction of sp³-hybridized carbons (Fsp3) is 0.0667. The van der Waals surface area contributed by atoms with E-state index >= 15 is 0 Å². The Bertz CT molecular complexity index is 665. The maximum atomic E-state index is 13.2. The second kappa shape index (κ2) is 5.95. The number of amides is 1. The van der Waals surface area contributed by atoms with E-state index in [0.29, 0.717) is 11.3 Å². The summed E-state index contributed by atoms with van der Waals surface area (Å²) < 4.78 is 13.2. The Hall–Kier alpha value is -2.71. The Balaban J connectivity index is 2.14. The summed E-state index contributed by atoms with van der Waals surface area (Å²) in [5, 5.41) is 11.3. The highest BCUT2D eigenvalue weighted by molar-refractivity contribution is 5.95. The van der Waals surface area contributed by atoms with Crippen molar-refractivity contribution in [3.05, 3.63) is 65.5 Å². The lowest BCUT2D eigenvalue weighted by molar-refractivity contribution is -0.117. The van der Waals surface area contributed by atoms with Gasteiger partial charge in [-0.05, 0) is 23.8 Å². The molecule has 0 aliphatic heterocycles. The van der Waals surface area contributed by atoms with Crippen LogP contribution in [0, 0.1) is 17.1 Å². The van der Waals surface area contributed by atoms with Crippen molar-refractivity contribution in [1.29, 1.82) is 5.26 Å². The number of halogens is 1. The van der Waals surface area contributed by atoms with Crippen LogP contribution in [-0.4, -0.2) is 5.91 Å². The highest BCUT2D eigenvalue weighted by Crippen LogP contribution is 2.16. The molecule has 1 amide bonds. The first-order valence-corrected chi connectivity index (χ1v) is 5.93. The van der Waals surface area contributed by atoms with Crippen molar-refractivity contribution in [3.63, 3.8) is 0 Å². The minimum Gasteiger partial charge on any atom is -0.324 e. The van der Waals surface area contributed by atoms with Crippen molar-refractivity contribution in [2.24, 2.45) is 5.73 Å². The van der Waals surface area contributed by atoms with Gasteiger partial charge in [0.15, 0.2) is 0 Å². The maximum absolute atomic E-state index is 13.2. The average molecular weight is 269 g/mol. The van der Waals surface area contributed by atoms with Crippen LogP contribution in [0.1, 0.15) is 17.2 Å². The average Bonchev–Trinajstić information content (AvgIpc) is 2.49. The van der Waals surface area contributed by atoms with E-state index < -0.39 is 17.8 Å². The van der Waals surface area contributed by atoms with Gasteiger partial charge in [-0.1, -0.05) is 30.3 Å². The largest absolute Gasteiger partial charge is 0.324 e. The molecule has 0 fully saturated rings. The van der Waals surface area contributed by atoms with Gasteiger partial charge in [-0.3, -0.25) is 4.79 Å². The van der Waals surface area contributed by atoms with Gasteiger partial charge in [-0.25, -0.2) is 4.39 Å². The predicted molar refractivity (Wildman–Crippen MR) is 73.1 cm³/mol. The number of nitrogens with zero attached hydrogens (tertiary/aromatic N) is 1. The molecule has 2 aromatic rings. The van der Waals surface area contributed by atoms with Crippen LogP contribution >= 0.6 is 0 Å². The first-order valence-electron chi connectivity index (χ1n) is 5.93. The van der Waals surface area contributed by atoms with Gasteiger partial charge in [0.1, 0.15) is 17.9 Å². The van der Waals surface area contributed by atoms with Crippen molar-refractivity contribution in [2.75, 3.05) is 5.32 Å². The molecule has 1 atom stereocenters. The molecule has 0 saturated carbocycles. The first kappa shape index (κ1) is 13.7. The molecule has 20 heavy (non-hydrogen) atoms. The number of hydrogen-bond donors (Lipinski definition) is 2. The maximum Gasteiger partial charge on any atom is 0.245 e. The standard InChI is InChI=1S/C15H12FN3O/c16-13-7-6-12(8-11(13)9-17)19-15(20)14(18)10-4-2-1-3-5-10/h1-8,14H,18H2,(H,19,20)/t14-/m1/s1. The van der Waals surface area contributed by atoms with E-state index in [1.807, 2.05) is 6.07 Å². The normalized spacial score (nSPS) is 11.4. The summed E-state index contributed by atoms with van der Waals surface area (Å²) in [6, 6.07) is 13.6. The van der Waals surface area contributed by atoms with Crippen molar-refractivity contribution >= 4 is 11.6 Å². The molecular formula is C15H12FN3O. The highest BCUT2D eigenvalue weighted by Gasteiger charge is 2.16. The smallest absolute Gasteiger partial charge is 0.245 e. The Labute approximate surface area is 115 Å². The molecule has 0 spiro atoms. The second-order valence-electron chi connectivity index (χ2n) is 4.18. The lowest BCUT2D eigenvalue weighted by atomic mass is 10.1. The third-order valence-electron chi connectivity index (χ3n) is 2.80. The summed E-state index contributed by atoms with van der Waals surface area (Å²) in [6.45, 7) is 0. The number of anilines is 1. The summed E-state index contributed by atoms with van der Waals surface area (Å²) in [6.07, 6.45) is 0. The molecule has 0 aliphatic carbocycles. The second-order valence-corrected chi connectivity index (χ2v) is 4.18. The van der Waals surface area contributed by atoms with E-state index in [9.17, 15) is 9.18 Å². The molecule has 2 aromatic carbocycles. The molecule has 0 aromatic heterocycles. The molecule has 0 unspecified atom stereocenters. The van der Waals surface area contributed by atoms with Crippen molar-refractivity contribution in [3.8, 4) is 6.07 Å². The summed E-state index contributed by atoms with van der Waals surface area (Å²) in [7, 11) is 0. The third-order valence-corrected chi connectivity index (χ3v) is 2.80. The van der Waals surface area contributed by atoms with Crippen LogP contribution in [0.3, 0.4) is 0 Å². The van der Waals surface area contributed by atoms with Crippen molar-refractivity contribution in [2.45, 2.75) is 6.04 Å². The number of hydrogen-bond acceptors (Lipinski definition) is 3. The van der Waals surface area contributed by atoms with Crippen molar-refractivity contribution < 1.29 is 9.18 Å². The predicted octanol–water partition coefficient (Wildman–Crippen LogP) is 2.34. The number of rotatable bonds is 3. The molecule has 0 radical (unpaired) electrons. The van der Waals surface area contributed by atoms with Crippen LogP contribution in [0.4, 0.5) is 10.1 Å². The molecule has 100 valence electrons. The van der Waals surface area contributed by atoms with Crippen LogP contribution in [-0.2, 0) is 4.79 Å². The molecule has 0 heterocycles. The molecule has 0 bridgehead atoms. The number of carbonyl (C=O) groups excluding carboxylic acids is 1.